The summed E-state index contributed by atoms with van der Waals surface area (Å²) in [7, 11) is 0. The zero-order valence-electron chi connectivity index (χ0n) is 13.5. The van der Waals surface area contributed by atoms with E-state index in [-0.39, 0.29) is 24.9 Å². The minimum absolute atomic E-state index is 0.0201. The van der Waals surface area contributed by atoms with E-state index in [0.29, 0.717) is 32.5 Å². The molecule has 0 bridgehead atoms. The summed E-state index contributed by atoms with van der Waals surface area (Å²) < 4.78 is 0.570. The van der Waals surface area contributed by atoms with Gasteiger partial charge in [0.25, 0.3) is 0 Å². The molecule has 1 aromatic heterocycles. The molecule has 5 nitrogen and oxygen atoms in total. The van der Waals surface area contributed by atoms with Gasteiger partial charge in [0.2, 0.25) is 0 Å². The number of hydrogen-bond donors (Lipinski definition) is 1. The number of amides is 2. The van der Waals surface area contributed by atoms with Crippen LogP contribution in [-0.4, -0.2) is 35.1 Å². The second-order valence-corrected chi connectivity index (χ2v) is 8.59. The van der Waals surface area contributed by atoms with Crippen LogP contribution in [0.2, 0.25) is 14.4 Å². The number of halogens is 3. The highest BCUT2D eigenvalue weighted by atomic mass is 35.5. The zero-order valence-corrected chi connectivity index (χ0v) is 16.6. The molecule has 1 aliphatic rings. The SMILES string of the molecule is O=C(O)CC1CN(Cc2ccc(Cl)cc2Cl)C(=O)N(c2ccc(Cl)s2)C1. The number of urea groups is 1. The number of carbonyl (C=O) groups is 2. The third kappa shape index (κ3) is 4.43. The van der Waals surface area contributed by atoms with Crippen molar-refractivity contribution >= 4 is 63.1 Å². The van der Waals surface area contributed by atoms with Crippen molar-refractivity contribution in [2.45, 2.75) is 13.0 Å². The van der Waals surface area contributed by atoms with Crippen LogP contribution >= 0.6 is 46.1 Å². The Morgan fingerprint density at radius 2 is 1.96 bits per heavy atom. The van der Waals surface area contributed by atoms with Crippen molar-refractivity contribution in [3.63, 3.8) is 0 Å². The Balaban J connectivity index is 1.86. The van der Waals surface area contributed by atoms with Crippen molar-refractivity contribution in [2.75, 3.05) is 18.0 Å². The molecule has 1 unspecified atom stereocenters. The molecule has 2 aromatic rings. The van der Waals surface area contributed by atoms with Crippen molar-refractivity contribution in [3.05, 3.63) is 50.3 Å². The van der Waals surface area contributed by atoms with Crippen LogP contribution in [-0.2, 0) is 11.3 Å². The first kappa shape index (κ1) is 19.3. The molecule has 1 N–H and O–H groups in total. The van der Waals surface area contributed by atoms with Gasteiger partial charge >= 0.3 is 12.0 Å². The van der Waals surface area contributed by atoms with Gasteiger partial charge in [0, 0.05) is 35.6 Å². The number of rotatable bonds is 5. The number of anilines is 1. The molecule has 3 rings (SSSR count). The smallest absolute Gasteiger partial charge is 0.325 e. The molecule has 138 valence electrons. The summed E-state index contributed by atoms with van der Waals surface area (Å²) in [6.45, 7) is 0.965. The fraction of sp³-hybridized carbons (Fsp3) is 0.294. The molecule has 26 heavy (non-hydrogen) atoms. The van der Waals surface area contributed by atoms with Gasteiger partial charge in [-0.15, -0.1) is 11.3 Å². The van der Waals surface area contributed by atoms with Crippen LogP contribution in [0.3, 0.4) is 0 Å². The second kappa shape index (κ2) is 8.05. The summed E-state index contributed by atoms with van der Waals surface area (Å²) in [5.41, 5.74) is 0.754. The average molecular weight is 434 g/mol. The van der Waals surface area contributed by atoms with Crippen LogP contribution in [0.1, 0.15) is 12.0 Å². The van der Waals surface area contributed by atoms with Crippen molar-refractivity contribution in [1.82, 2.24) is 4.90 Å². The second-order valence-electron chi connectivity index (χ2n) is 6.05. The number of hydrogen-bond acceptors (Lipinski definition) is 3. The van der Waals surface area contributed by atoms with E-state index in [1.165, 1.54) is 11.3 Å². The molecule has 1 saturated heterocycles. The van der Waals surface area contributed by atoms with Crippen LogP contribution in [0, 0.1) is 5.92 Å². The van der Waals surface area contributed by atoms with Gasteiger partial charge in [-0.1, -0.05) is 40.9 Å². The molecule has 0 aliphatic carbocycles. The Morgan fingerprint density at radius 1 is 1.19 bits per heavy atom. The van der Waals surface area contributed by atoms with Crippen LogP contribution in [0.4, 0.5) is 9.80 Å². The quantitative estimate of drug-likeness (QED) is 0.701. The number of carboxylic acids is 1. The number of carbonyl (C=O) groups excluding carboxylic acids is 1. The van der Waals surface area contributed by atoms with Crippen molar-refractivity contribution in [1.29, 1.82) is 0 Å². The Morgan fingerprint density at radius 3 is 2.58 bits per heavy atom. The molecule has 1 aliphatic heterocycles. The average Bonchev–Trinajstić information content (AvgIpc) is 2.98. The van der Waals surface area contributed by atoms with Gasteiger partial charge in [-0.05, 0) is 29.8 Å². The Kier molecular flexibility index (Phi) is 5.97. The standard InChI is InChI=1S/C17H15Cl3N2O3S/c18-12-2-1-11(13(19)6-12)9-21-7-10(5-16(23)24)8-22(17(21)25)15-4-3-14(20)26-15/h1-4,6,10H,5,7-9H2,(H,23,24). The first-order valence-electron chi connectivity index (χ1n) is 7.81. The van der Waals surface area contributed by atoms with Gasteiger partial charge in [0.05, 0.1) is 10.8 Å². The summed E-state index contributed by atoms with van der Waals surface area (Å²) >= 11 is 19.4. The maximum absolute atomic E-state index is 12.9. The highest BCUT2D eigenvalue weighted by molar-refractivity contribution is 7.20. The van der Waals surface area contributed by atoms with Crippen molar-refractivity contribution in [3.8, 4) is 0 Å². The predicted molar refractivity (Wildman–Crippen MR) is 105 cm³/mol. The zero-order chi connectivity index (χ0) is 18.8. The molecule has 0 radical (unpaired) electrons. The number of aliphatic carboxylic acids is 1. The van der Waals surface area contributed by atoms with Gasteiger partial charge in [-0.3, -0.25) is 9.69 Å². The normalized spacial score (nSPS) is 17.7. The molecule has 1 atom stereocenters. The summed E-state index contributed by atoms with van der Waals surface area (Å²) in [6.07, 6.45) is -0.0201. The third-order valence-corrected chi connectivity index (χ3v) is 5.93. The van der Waals surface area contributed by atoms with E-state index in [1.807, 2.05) is 0 Å². The fourth-order valence-electron chi connectivity index (χ4n) is 2.95. The van der Waals surface area contributed by atoms with Crippen LogP contribution in [0.5, 0.6) is 0 Å². The molecule has 1 fully saturated rings. The minimum Gasteiger partial charge on any atom is -0.481 e. The summed E-state index contributed by atoms with van der Waals surface area (Å²) in [5.74, 6) is -1.09. The Labute approximate surface area is 169 Å². The van der Waals surface area contributed by atoms with Crippen LogP contribution in [0.15, 0.2) is 30.3 Å². The van der Waals surface area contributed by atoms with Gasteiger partial charge in [-0.25, -0.2) is 4.79 Å². The lowest BCUT2D eigenvalue weighted by Gasteiger charge is -2.39. The topological polar surface area (TPSA) is 60.9 Å². The van der Waals surface area contributed by atoms with Crippen molar-refractivity contribution < 1.29 is 14.7 Å². The van der Waals surface area contributed by atoms with Crippen molar-refractivity contribution in [2.24, 2.45) is 5.92 Å². The van der Waals surface area contributed by atoms with E-state index >= 15 is 0 Å². The van der Waals surface area contributed by atoms with Crippen LogP contribution < -0.4 is 4.90 Å². The van der Waals surface area contributed by atoms with E-state index in [4.69, 9.17) is 39.9 Å². The predicted octanol–water partition coefficient (Wildman–Crippen LogP) is 5.24. The number of carboxylic acid groups (broad SMARTS) is 1. The Hall–Kier alpha value is -1.47. The molecule has 0 spiro atoms. The molecule has 2 heterocycles. The van der Waals surface area contributed by atoms with E-state index in [2.05, 4.69) is 0 Å². The lowest BCUT2D eigenvalue weighted by Crippen LogP contribution is -2.53. The highest BCUT2D eigenvalue weighted by Crippen LogP contribution is 2.34. The van der Waals surface area contributed by atoms with Crippen LogP contribution in [0.25, 0.3) is 0 Å². The number of thiophene rings is 1. The molecular weight excluding hydrogens is 419 g/mol. The number of benzene rings is 1. The van der Waals surface area contributed by atoms with E-state index in [1.54, 1.807) is 40.1 Å². The first-order chi connectivity index (χ1) is 12.3. The highest BCUT2D eigenvalue weighted by Gasteiger charge is 2.34. The number of nitrogens with zero attached hydrogens (tertiary/aromatic N) is 2. The summed E-state index contributed by atoms with van der Waals surface area (Å²) in [5, 5.41) is 10.8. The minimum atomic E-state index is -0.891. The van der Waals surface area contributed by atoms with Gasteiger partial charge < -0.3 is 10.0 Å². The van der Waals surface area contributed by atoms with E-state index < -0.39 is 5.97 Å². The molecule has 2 amide bonds. The fourth-order valence-corrected chi connectivity index (χ4v) is 4.46. The van der Waals surface area contributed by atoms with Gasteiger partial charge in [0.1, 0.15) is 5.00 Å². The summed E-state index contributed by atoms with van der Waals surface area (Å²) in [6, 6.07) is 8.39. The largest absolute Gasteiger partial charge is 0.481 e. The molecule has 1 aromatic carbocycles. The molecule has 0 saturated carbocycles. The lowest BCUT2D eigenvalue weighted by molar-refractivity contribution is -0.138. The van der Waals surface area contributed by atoms with E-state index in [0.717, 1.165) is 5.56 Å². The maximum atomic E-state index is 12.9. The first-order valence-corrected chi connectivity index (χ1v) is 9.76. The van der Waals surface area contributed by atoms with Gasteiger partial charge in [-0.2, -0.15) is 0 Å². The molecular formula is C17H15Cl3N2O3S. The lowest BCUT2D eigenvalue weighted by atomic mass is 10.0. The maximum Gasteiger partial charge on any atom is 0.325 e. The Bertz CT molecular complexity index is 842. The monoisotopic (exact) mass is 432 g/mol. The third-order valence-electron chi connectivity index (χ3n) is 4.09. The van der Waals surface area contributed by atoms with E-state index in [9.17, 15) is 9.59 Å². The van der Waals surface area contributed by atoms with Gasteiger partial charge in [0.15, 0.2) is 0 Å². The summed E-state index contributed by atoms with van der Waals surface area (Å²) in [4.78, 5) is 27.3. The molecule has 9 heteroatoms.